The Labute approximate surface area is 221 Å². The van der Waals surface area contributed by atoms with Crippen molar-refractivity contribution in [1.82, 2.24) is 30.5 Å². The van der Waals surface area contributed by atoms with E-state index in [1.54, 1.807) is 0 Å². The van der Waals surface area contributed by atoms with E-state index in [1.165, 1.54) is 31.2 Å². The average Bonchev–Trinajstić information content (AvgIpc) is 3.73. The highest BCUT2D eigenvalue weighted by Gasteiger charge is 2.16. The summed E-state index contributed by atoms with van der Waals surface area (Å²) in [6, 6.07) is 23.2. The first-order valence-electron chi connectivity index (χ1n) is 13.5. The number of benzene rings is 2. The van der Waals surface area contributed by atoms with Crippen LogP contribution in [-0.2, 0) is 6.54 Å². The molecule has 0 atom stereocenters. The summed E-state index contributed by atoms with van der Waals surface area (Å²) < 4.78 is 0. The minimum atomic E-state index is 0.831. The normalized spacial score (nSPS) is 14.1. The number of hydrogen-bond donors (Lipinski definition) is 3. The van der Waals surface area contributed by atoms with E-state index in [4.69, 9.17) is 5.10 Å². The standard InChI is InChI=1S/C32H30N6/c1-2-7-21(6-1)17-33-18-22-14-24(20-34-19-22)23-11-12-30-27(15-23)32(38-37-30)31-16-26-25(8-5-10-29(26)36-31)28-9-3-4-13-35-28/h3-5,8-16,19-21,33,36H,1-2,6-7,17-18H2,(H,37,38). The fraction of sp³-hybridized carbons (Fsp3) is 0.219. The number of nitrogens with one attached hydrogen (secondary N) is 3. The molecule has 1 fully saturated rings. The first-order valence-corrected chi connectivity index (χ1v) is 13.5. The quantitative estimate of drug-likeness (QED) is 0.219. The summed E-state index contributed by atoms with van der Waals surface area (Å²) in [5, 5.41) is 13.8. The third-order valence-corrected chi connectivity index (χ3v) is 7.79. The van der Waals surface area contributed by atoms with Gasteiger partial charge < -0.3 is 10.3 Å². The monoisotopic (exact) mass is 498 g/mol. The summed E-state index contributed by atoms with van der Waals surface area (Å²) in [7, 11) is 0. The number of aromatic amines is 2. The van der Waals surface area contributed by atoms with Crippen LogP contribution in [-0.4, -0.2) is 31.7 Å². The second kappa shape index (κ2) is 9.88. The number of H-pyrrole nitrogens is 2. The summed E-state index contributed by atoms with van der Waals surface area (Å²) in [6.07, 6.45) is 11.2. The van der Waals surface area contributed by atoms with Gasteiger partial charge in [-0.15, -0.1) is 0 Å². The van der Waals surface area contributed by atoms with Crippen LogP contribution < -0.4 is 5.32 Å². The number of pyridine rings is 2. The number of fused-ring (bicyclic) bond motifs is 2. The maximum Gasteiger partial charge on any atom is 0.116 e. The molecule has 1 aliphatic rings. The Morgan fingerprint density at radius 1 is 0.842 bits per heavy atom. The molecule has 0 saturated heterocycles. The Bertz CT molecular complexity index is 1710. The van der Waals surface area contributed by atoms with Crippen LogP contribution in [0.5, 0.6) is 0 Å². The van der Waals surface area contributed by atoms with Gasteiger partial charge in [-0.1, -0.05) is 37.1 Å². The van der Waals surface area contributed by atoms with Crippen LogP contribution in [0.2, 0.25) is 0 Å². The fourth-order valence-electron chi connectivity index (χ4n) is 5.80. The Morgan fingerprint density at radius 3 is 2.68 bits per heavy atom. The Morgan fingerprint density at radius 2 is 1.79 bits per heavy atom. The van der Waals surface area contributed by atoms with Crippen molar-refractivity contribution in [3.05, 3.63) is 90.9 Å². The lowest BCUT2D eigenvalue weighted by atomic mass is 10.0. The van der Waals surface area contributed by atoms with Crippen LogP contribution in [0.1, 0.15) is 31.2 Å². The van der Waals surface area contributed by atoms with E-state index in [1.807, 2.05) is 36.8 Å². The van der Waals surface area contributed by atoms with Crippen LogP contribution in [0.3, 0.4) is 0 Å². The van der Waals surface area contributed by atoms with Gasteiger partial charge in [0, 0.05) is 52.6 Å². The Kier molecular flexibility index (Phi) is 5.94. The van der Waals surface area contributed by atoms with Gasteiger partial charge in [0.2, 0.25) is 0 Å². The summed E-state index contributed by atoms with van der Waals surface area (Å²) in [5.74, 6) is 0.831. The second-order valence-electron chi connectivity index (χ2n) is 10.4. The molecule has 2 aromatic carbocycles. The number of aromatic nitrogens is 5. The van der Waals surface area contributed by atoms with Crippen molar-refractivity contribution in [1.29, 1.82) is 0 Å². The molecule has 0 aliphatic heterocycles. The van der Waals surface area contributed by atoms with E-state index in [0.717, 1.165) is 74.6 Å². The first kappa shape index (κ1) is 22.9. The molecule has 6 heteroatoms. The first-order chi connectivity index (χ1) is 18.8. The molecule has 4 aromatic heterocycles. The highest BCUT2D eigenvalue weighted by Crippen LogP contribution is 2.35. The van der Waals surface area contributed by atoms with Crippen LogP contribution in [0.15, 0.2) is 85.3 Å². The smallest absolute Gasteiger partial charge is 0.116 e. The van der Waals surface area contributed by atoms with Crippen LogP contribution in [0.4, 0.5) is 0 Å². The Balaban J connectivity index is 1.20. The second-order valence-corrected chi connectivity index (χ2v) is 10.4. The van der Waals surface area contributed by atoms with E-state index < -0.39 is 0 Å². The molecule has 6 aromatic rings. The molecule has 1 aliphatic carbocycles. The van der Waals surface area contributed by atoms with Gasteiger partial charge in [-0.3, -0.25) is 15.1 Å². The van der Waals surface area contributed by atoms with Gasteiger partial charge in [-0.2, -0.15) is 5.10 Å². The number of nitrogens with zero attached hydrogens (tertiary/aromatic N) is 3. The molecule has 0 bridgehead atoms. The maximum atomic E-state index is 4.70. The van der Waals surface area contributed by atoms with Crippen LogP contribution in [0, 0.1) is 5.92 Å². The summed E-state index contributed by atoms with van der Waals surface area (Å²) >= 11 is 0. The molecule has 0 radical (unpaired) electrons. The summed E-state index contributed by atoms with van der Waals surface area (Å²) in [4.78, 5) is 12.7. The highest BCUT2D eigenvalue weighted by molar-refractivity contribution is 6.01. The number of hydrogen-bond acceptors (Lipinski definition) is 4. The third-order valence-electron chi connectivity index (χ3n) is 7.79. The largest absolute Gasteiger partial charge is 0.353 e. The van der Waals surface area contributed by atoms with E-state index in [2.05, 4.69) is 73.9 Å². The van der Waals surface area contributed by atoms with Crippen molar-refractivity contribution in [3.63, 3.8) is 0 Å². The predicted octanol–water partition coefficient (Wildman–Crippen LogP) is 7.12. The molecule has 0 unspecified atom stereocenters. The zero-order valence-corrected chi connectivity index (χ0v) is 21.2. The zero-order valence-electron chi connectivity index (χ0n) is 21.2. The van der Waals surface area contributed by atoms with Gasteiger partial charge in [0.15, 0.2) is 0 Å². The molecule has 7 rings (SSSR count). The van der Waals surface area contributed by atoms with Gasteiger partial charge in [0.25, 0.3) is 0 Å². The molecular formula is C32H30N6. The van der Waals surface area contributed by atoms with Crippen molar-refractivity contribution in [2.45, 2.75) is 32.2 Å². The molecule has 0 spiro atoms. The molecule has 0 amide bonds. The van der Waals surface area contributed by atoms with Crippen molar-refractivity contribution < 1.29 is 0 Å². The van der Waals surface area contributed by atoms with E-state index >= 15 is 0 Å². The molecule has 3 N–H and O–H groups in total. The molecule has 4 heterocycles. The lowest BCUT2D eigenvalue weighted by molar-refractivity contribution is 0.489. The van der Waals surface area contributed by atoms with Crippen LogP contribution >= 0.6 is 0 Å². The maximum absolute atomic E-state index is 4.70. The fourth-order valence-corrected chi connectivity index (χ4v) is 5.80. The van der Waals surface area contributed by atoms with Crippen molar-refractivity contribution in [3.8, 4) is 33.8 Å². The molecule has 188 valence electrons. The van der Waals surface area contributed by atoms with E-state index in [9.17, 15) is 0 Å². The van der Waals surface area contributed by atoms with E-state index in [0.29, 0.717) is 0 Å². The van der Waals surface area contributed by atoms with Crippen LogP contribution in [0.25, 0.3) is 55.6 Å². The van der Waals surface area contributed by atoms with Gasteiger partial charge >= 0.3 is 0 Å². The molecule has 1 saturated carbocycles. The summed E-state index contributed by atoms with van der Waals surface area (Å²) in [6.45, 7) is 1.95. The van der Waals surface area contributed by atoms with Crippen molar-refractivity contribution in [2.75, 3.05) is 6.54 Å². The van der Waals surface area contributed by atoms with Gasteiger partial charge in [-0.05, 0) is 78.9 Å². The Hall–Kier alpha value is -4.29. The topological polar surface area (TPSA) is 82.3 Å². The van der Waals surface area contributed by atoms with Gasteiger partial charge in [0.05, 0.1) is 16.9 Å². The van der Waals surface area contributed by atoms with Gasteiger partial charge in [0.1, 0.15) is 5.69 Å². The summed E-state index contributed by atoms with van der Waals surface area (Å²) in [5.41, 5.74) is 9.50. The van der Waals surface area contributed by atoms with Crippen molar-refractivity contribution in [2.24, 2.45) is 5.92 Å². The van der Waals surface area contributed by atoms with E-state index in [-0.39, 0.29) is 0 Å². The highest BCUT2D eigenvalue weighted by atomic mass is 15.1. The third kappa shape index (κ3) is 4.37. The minimum Gasteiger partial charge on any atom is -0.353 e. The SMILES string of the molecule is c1ccc(-c2cccc3[nH]c(-c4n[nH]c5ccc(-c6cncc(CNCC7CCCC7)c6)cc45)cc23)nc1. The molecular weight excluding hydrogens is 468 g/mol. The lowest BCUT2D eigenvalue weighted by Gasteiger charge is -2.11. The molecule has 6 nitrogen and oxygen atoms in total. The van der Waals surface area contributed by atoms with Crippen molar-refractivity contribution >= 4 is 21.8 Å². The average molecular weight is 499 g/mol. The predicted molar refractivity (Wildman–Crippen MR) is 154 cm³/mol. The zero-order chi connectivity index (χ0) is 25.3. The number of rotatable bonds is 7. The minimum absolute atomic E-state index is 0.831. The van der Waals surface area contributed by atoms with Gasteiger partial charge in [-0.25, -0.2) is 0 Å². The lowest BCUT2D eigenvalue weighted by Crippen LogP contribution is -2.20. The molecule has 38 heavy (non-hydrogen) atoms.